The Morgan fingerprint density at radius 1 is 1.00 bits per heavy atom. The molecule has 0 saturated carbocycles. The van der Waals surface area contributed by atoms with Crippen LogP contribution in [-0.4, -0.2) is 34.9 Å². The highest BCUT2D eigenvalue weighted by Gasteiger charge is 2.36. The number of anilines is 2. The van der Waals surface area contributed by atoms with E-state index in [0.29, 0.717) is 50.8 Å². The molecule has 0 spiro atoms. The zero-order chi connectivity index (χ0) is 25.2. The zero-order valence-electron chi connectivity index (χ0n) is 19.9. The Kier molecular flexibility index (Phi) is 6.35. The number of methoxy groups -OCH3 is 2. The number of aromatic nitrogens is 3. The van der Waals surface area contributed by atoms with Crippen molar-refractivity contribution in [2.75, 3.05) is 24.9 Å². The van der Waals surface area contributed by atoms with E-state index in [1.165, 1.54) is 0 Å². The van der Waals surface area contributed by atoms with Gasteiger partial charge in [0.25, 0.3) is 5.91 Å². The van der Waals surface area contributed by atoms with Gasteiger partial charge in [-0.15, -0.1) is 5.10 Å². The highest BCUT2D eigenvalue weighted by Crippen LogP contribution is 2.43. The van der Waals surface area contributed by atoms with Gasteiger partial charge >= 0.3 is 0 Å². The van der Waals surface area contributed by atoms with Crippen LogP contribution in [0, 0.1) is 0 Å². The first-order valence-corrected chi connectivity index (χ1v) is 11.7. The van der Waals surface area contributed by atoms with Gasteiger partial charge in [0.1, 0.15) is 6.04 Å². The number of para-hydroxylation sites is 2. The molecule has 1 aliphatic rings. The summed E-state index contributed by atoms with van der Waals surface area (Å²) in [6, 6.07) is 21.5. The van der Waals surface area contributed by atoms with E-state index in [9.17, 15) is 4.79 Å². The monoisotopic (exact) mass is 501 g/mol. The third kappa shape index (κ3) is 4.27. The fourth-order valence-electron chi connectivity index (χ4n) is 4.30. The molecule has 4 aromatic rings. The molecule has 2 heterocycles. The second-order valence-corrected chi connectivity index (χ2v) is 8.62. The van der Waals surface area contributed by atoms with Crippen LogP contribution in [0.3, 0.4) is 0 Å². The average molecular weight is 502 g/mol. The lowest BCUT2D eigenvalue weighted by Crippen LogP contribution is -2.31. The molecule has 0 bridgehead atoms. The fourth-order valence-corrected chi connectivity index (χ4v) is 4.43. The fraction of sp³-hybridized carbons (Fsp3) is 0.148. The summed E-state index contributed by atoms with van der Waals surface area (Å²) in [5.74, 6) is 1.80. The van der Waals surface area contributed by atoms with Gasteiger partial charge in [0.2, 0.25) is 5.95 Å². The molecule has 1 amide bonds. The van der Waals surface area contributed by atoms with Crippen LogP contribution in [0.4, 0.5) is 11.6 Å². The summed E-state index contributed by atoms with van der Waals surface area (Å²) in [5, 5.41) is 11.7. The van der Waals surface area contributed by atoms with Crippen molar-refractivity contribution in [2.45, 2.75) is 13.0 Å². The Morgan fingerprint density at radius 3 is 2.44 bits per heavy atom. The number of amides is 1. The first-order chi connectivity index (χ1) is 17.5. The van der Waals surface area contributed by atoms with Crippen LogP contribution < -0.4 is 20.1 Å². The predicted octanol–water partition coefficient (Wildman–Crippen LogP) is 5.54. The Morgan fingerprint density at radius 2 is 1.75 bits per heavy atom. The largest absolute Gasteiger partial charge is 0.493 e. The Hall–Kier alpha value is -4.30. The van der Waals surface area contributed by atoms with Gasteiger partial charge in [-0.05, 0) is 49.4 Å². The van der Waals surface area contributed by atoms with Crippen molar-refractivity contribution in [3.05, 3.63) is 94.7 Å². The molecule has 2 N–H and O–H groups in total. The molecule has 1 aromatic heterocycles. The van der Waals surface area contributed by atoms with Gasteiger partial charge in [0.05, 0.1) is 19.8 Å². The van der Waals surface area contributed by atoms with Gasteiger partial charge in [0.15, 0.2) is 17.3 Å². The van der Waals surface area contributed by atoms with E-state index < -0.39 is 6.04 Å². The molecular formula is C27H24ClN5O3. The van der Waals surface area contributed by atoms with E-state index in [1.807, 2.05) is 67.6 Å². The summed E-state index contributed by atoms with van der Waals surface area (Å²) < 4.78 is 13.0. The standard InChI is InChI=1S/C27H24ClN5O3/c1-16-22(26(34)30-19-8-5-4-6-9-19)23(20-10-7-11-21(35-2)24(20)36-3)33-27(29-16)31-25(32-33)17-12-14-18(28)15-13-17/h4-15,23H,1-3H3,(H,30,34)(H,29,31,32). The maximum Gasteiger partial charge on any atom is 0.255 e. The molecule has 1 aliphatic heterocycles. The second-order valence-electron chi connectivity index (χ2n) is 8.18. The second kappa shape index (κ2) is 9.75. The van der Waals surface area contributed by atoms with Gasteiger partial charge in [-0.1, -0.05) is 41.9 Å². The van der Waals surface area contributed by atoms with E-state index in [4.69, 9.17) is 31.2 Å². The minimum atomic E-state index is -0.636. The SMILES string of the molecule is COc1cccc(C2C(C(=O)Nc3ccccc3)=C(C)Nc3nc(-c4ccc(Cl)cc4)nn32)c1OC. The van der Waals surface area contributed by atoms with Crippen LogP contribution in [0.25, 0.3) is 11.4 Å². The Balaban J connectivity index is 1.67. The molecule has 0 saturated heterocycles. The zero-order valence-corrected chi connectivity index (χ0v) is 20.7. The molecule has 1 unspecified atom stereocenters. The summed E-state index contributed by atoms with van der Waals surface area (Å²) in [6.45, 7) is 1.85. The number of carbonyl (C=O) groups is 1. The summed E-state index contributed by atoms with van der Waals surface area (Å²) in [7, 11) is 3.15. The summed E-state index contributed by atoms with van der Waals surface area (Å²) >= 11 is 6.07. The third-order valence-corrected chi connectivity index (χ3v) is 6.21. The van der Waals surface area contributed by atoms with E-state index in [1.54, 1.807) is 31.0 Å². The highest BCUT2D eigenvalue weighted by molar-refractivity contribution is 6.30. The van der Waals surface area contributed by atoms with Crippen molar-refractivity contribution < 1.29 is 14.3 Å². The first-order valence-electron chi connectivity index (χ1n) is 11.3. The highest BCUT2D eigenvalue weighted by atomic mass is 35.5. The van der Waals surface area contributed by atoms with Gasteiger partial charge in [-0.3, -0.25) is 4.79 Å². The van der Waals surface area contributed by atoms with Crippen molar-refractivity contribution >= 4 is 29.1 Å². The number of rotatable bonds is 6. The molecule has 0 radical (unpaired) electrons. The van der Waals surface area contributed by atoms with Crippen molar-refractivity contribution in [3.8, 4) is 22.9 Å². The van der Waals surface area contributed by atoms with Gasteiger partial charge < -0.3 is 20.1 Å². The molecule has 182 valence electrons. The van der Waals surface area contributed by atoms with E-state index in [2.05, 4.69) is 10.6 Å². The lowest BCUT2D eigenvalue weighted by atomic mass is 9.94. The molecular weight excluding hydrogens is 478 g/mol. The van der Waals surface area contributed by atoms with Gasteiger partial charge in [0, 0.05) is 27.5 Å². The van der Waals surface area contributed by atoms with Crippen LogP contribution in [0.2, 0.25) is 5.02 Å². The number of fused-ring (bicyclic) bond motifs is 1. The van der Waals surface area contributed by atoms with Gasteiger partial charge in [-0.2, -0.15) is 4.98 Å². The lowest BCUT2D eigenvalue weighted by Gasteiger charge is -2.30. The maximum absolute atomic E-state index is 13.7. The number of benzene rings is 3. The molecule has 36 heavy (non-hydrogen) atoms. The van der Waals surface area contributed by atoms with Crippen LogP contribution in [-0.2, 0) is 4.79 Å². The first kappa shape index (κ1) is 23.4. The average Bonchev–Trinajstić information content (AvgIpc) is 3.31. The number of halogens is 1. The molecule has 8 nitrogen and oxygen atoms in total. The summed E-state index contributed by atoms with van der Waals surface area (Å²) in [5.41, 5.74) is 3.33. The Bertz CT molecular complexity index is 1450. The van der Waals surface area contributed by atoms with Crippen LogP contribution in [0.5, 0.6) is 11.5 Å². The van der Waals surface area contributed by atoms with Crippen molar-refractivity contribution in [1.29, 1.82) is 0 Å². The summed E-state index contributed by atoms with van der Waals surface area (Å²) in [4.78, 5) is 18.4. The molecule has 0 aliphatic carbocycles. The topological polar surface area (TPSA) is 90.3 Å². The number of hydrogen-bond donors (Lipinski definition) is 2. The smallest absolute Gasteiger partial charge is 0.255 e. The van der Waals surface area contributed by atoms with E-state index >= 15 is 0 Å². The number of nitrogens with one attached hydrogen (secondary N) is 2. The van der Waals surface area contributed by atoms with Crippen molar-refractivity contribution in [2.24, 2.45) is 0 Å². The van der Waals surface area contributed by atoms with Crippen LogP contribution >= 0.6 is 11.6 Å². The third-order valence-electron chi connectivity index (χ3n) is 5.96. The quantitative estimate of drug-likeness (QED) is 0.360. The number of ether oxygens (including phenoxy) is 2. The molecule has 5 rings (SSSR count). The number of allylic oxidation sites excluding steroid dienone is 1. The number of hydrogen-bond acceptors (Lipinski definition) is 6. The molecule has 1 atom stereocenters. The van der Waals surface area contributed by atoms with Crippen molar-refractivity contribution in [3.63, 3.8) is 0 Å². The number of carbonyl (C=O) groups excluding carboxylic acids is 1. The van der Waals surface area contributed by atoms with E-state index in [0.717, 1.165) is 5.56 Å². The van der Waals surface area contributed by atoms with E-state index in [-0.39, 0.29) is 5.91 Å². The minimum Gasteiger partial charge on any atom is -0.493 e. The lowest BCUT2D eigenvalue weighted by molar-refractivity contribution is -0.113. The minimum absolute atomic E-state index is 0.268. The van der Waals surface area contributed by atoms with Crippen LogP contribution in [0.1, 0.15) is 18.5 Å². The maximum atomic E-state index is 13.7. The number of nitrogens with zero attached hydrogens (tertiary/aromatic N) is 3. The predicted molar refractivity (Wildman–Crippen MR) is 140 cm³/mol. The van der Waals surface area contributed by atoms with Gasteiger partial charge in [-0.25, -0.2) is 4.68 Å². The summed E-state index contributed by atoms with van der Waals surface area (Å²) in [6.07, 6.45) is 0. The molecule has 3 aromatic carbocycles. The normalized spacial score (nSPS) is 14.6. The van der Waals surface area contributed by atoms with Crippen LogP contribution in [0.15, 0.2) is 84.1 Å². The Labute approximate surface area is 213 Å². The molecule has 9 heteroatoms. The van der Waals surface area contributed by atoms with Crippen molar-refractivity contribution in [1.82, 2.24) is 14.8 Å². The molecule has 0 fully saturated rings.